The fourth-order valence-corrected chi connectivity index (χ4v) is 3.63. The van der Waals surface area contributed by atoms with Gasteiger partial charge in [0.1, 0.15) is 17.4 Å². The van der Waals surface area contributed by atoms with Crippen molar-refractivity contribution in [2.24, 2.45) is 0 Å². The molecule has 3 aromatic rings. The zero-order valence-electron chi connectivity index (χ0n) is 20.2. The van der Waals surface area contributed by atoms with Crippen molar-refractivity contribution in [2.75, 3.05) is 19.7 Å². The Morgan fingerprint density at radius 2 is 1.65 bits per heavy atom. The molecule has 8 heteroatoms. The van der Waals surface area contributed by atoms with Crippen molar-refractivity contribution in [3.8, 4) is 17.3 Å². The molecular weight excluding hydrogens is 440 g/mol. The van der Waals surface area contributed by atoms with E-state index in [0.717, 1.165) is 24.2 Å². The molecule has 0 bridgehead atoms. The average Bonchev–Trinajstić information content (AvgIpc) is 3.09. The molecule has 0 amide bonds. The van der Waals surface area contributed by atoms with Crippen molar-refractivity contribution in [1.29, 1.82) is 0 Å². The lowest BCUT2D eigenvalue weighted by Crippen LogP contribution is -2.35. The number of hydrogen-bond donors (Lipinski definition) is 1. The second-order valence-electron chi connectivity index (χ2n) is 8.58. The molecular formula is C26H33F2N3O3. The Labute approximate surface area is 199 Å². The van der Waals surface area contributed by atoms with Crippen LogP contribution < -0.4 is 4.74 Å². The lowest BCUT2D eigenvalue weighted by atomic mass is 10.2. The first kappa shape index (κ1) is 25.8. The highest BCUT2D eigenvalue weighted by Gasteiger charge is 2.22. The first-order chi connectivity index (χ1) is 16.3. The van der Waals surface area contributed by atoms with E-state index < -0.39 is 6.10 Å². The maximum Gasteiger partial charge on any atom is 0.227 e. The van der Waals surface area contributed by atoms with Crippen LogP contribution in [0.3, 0.4) is 0 Å². The van der Waals surface area contributed by atoms with Gasteiger partial charge in [-0.05, 0) is 82.3 Å². The summed E-state index contributed by atoms with van der Waals surface area (Å²) in [6.07, 6.45) is 0.306. The molecule has 0 fully saturated rings. The summed E-state index contributed by atoms with van der Waals surface area (Å²) in [7, 11) is 0. The van der Waals surface area contributed by atoms with E-state index in [1.165, 1.54) is 24.3 Å². The molecule has 34 heavy (non-hydrogen) atoms. The highest BCUT2D eigenvalue weighted by Crippen LogP contribution is 2.32. The molecule has 0 aliphatic carbocycles. The van der Waals surface area contributed by atoms with Crippen LogP contribution in [-0.4, -0.2) is 51.7 Å². The monoisotopic (exact) mass is 473 g/mol. The van der Waals surface area contributed by atoms with Gasteiger partial charge in [0.25, 0.3) is 0 Å². The molecule has 1 atom stereocenters. The number of nitrogens with zero attached hydrogens (tertiary/aromatic N) is 3. The number of aliphatic hydroxyl groups is 1. The van der Waals surface area contributed by atoms with E-state index in [-0.39, 0.29) is 24.3 Å². The van der Waals surface area contributed by atoms with Crippen LogP contribution in [0.25, 0.3) is 5.69 Å². The van der Waals surface area contributed by atoms with Gasteiger partial charge in [0, 0.05) is 13.1 Å². The number of rotatable bonds is 12. The minimum absolute atomic E-state index is 0.0428. The molecule has 0 spiro atoms. The van der Waals surface area contributed by atoms with Gasteiger partial charge in [0.05, 0.1) is 35.8 Å². The van der Waals surface area contributed by atoms with E-state index in [1.807, 2.05) is 20.8 Å². The van der Waals surface area contributed by atoms with Crippen LogP contribution in [0.2, 0.25) is 0 Å². The summed E-state index contributed by atoms with van der Waals surface area (Å²) in [5, 5.41) is 15.1. The third-order valence-electron chi connectivity index (χ3n) is 5.25. The summed E-state index contributed by atoms with van der Waals surface area (Å²) in [5.41, 5.74) is 2.22. The van der Waals surface area contributed by atoms with Gasteiger partial charge in [-0.3, -0.25) is 4.90 Å². The van der Waals surface area contributed by atoms with E-state index >= 15 is 0 Å². The van der Waals surface area contributed by atoms with Crippen molar-refractivity contribution in [2.45, 2.75) is 52.9 Å². The van der Waals surface area contributed by atoms with Gasteiger partial charge >= 0.3 is 0 Å². The lowest BCUT2D eigenvalue weighted by molar-refractivity contribution is -0.00957. The summed E-state index contributed by atoms with van der Waals surface area (Å²) >= 11 is 0. The maximum absolute atomic E-state index is 13.5. The van der Waals surface area contributed by atoms with Crippen LogP contribution in [0, 0.1) is 18.6 Å². The molecule has 1 N–H and O–H groups in total. The fraction of sp³-hybridized carbons (Fsp3) is 0.423. The number of aliphatic hydroxyl groups excluding tert-OH is 1. The molecule has 1 heterocycles. The molecule has 0 aliphatic rings. The van der Waals surface area contributed by atoms with Crippen LogP contribution in [0.5, 0.6) is 11.6 Å². The Morgan fingerprint density at radius 3 is 2.24 bits per heavy atom. The normalized spacial score (nSPS) is 12.5. The number of aryl methyl sites for hydroxylation is 1. The van der Waals surface area contributed by atoms with E-state index in [9.17, 15) is 13.9 Å². The zero-order valence-corrected chi connectivity index (χ0v) is 20.2. The van der Waals surface area contributed by atoms with E-state index in [4.69, 9.17) is 9.47 Å². The van der Waals surface area contributed by atoms with Gasteiger partial charge in [0.2, 0.25) is 5.88 Å². The van der Waals surface area contributed by atoms with Gasteiger partial charge in [-0.15, -0.1) is 0 Å². The molecule has 184 valence electrons. The topological polar surface area (TPSA) is 59.8 Å². The summed E-state index contributed by atoms with van der Waals surface area (Å²) in [5.74, 6) is 0.214. The second-order valence-corrected chi connectivity index (χ2v) is 8.58. The Bertz CT molecular complexity index is 1040. The predicted molar refractivity (Wildman–Crippen MR) is 127 cm³/mol. The number of hydrogen-bond acceptors (Lipinski definition) is 5. The fourth-order valence-electron chi connectivity index (χ4n) is 3.63. The van der Waals surface area contributed by atoms with Crippen LogP contribution >= 0.6 is 0 Å². The van der Waals surface area contributed by atoms with Crippen molar-refractivity contribution in [3.05, 3.63) is 71.4 Å². The van der Waals surface area contributed by atoms with Gasteiger partial charge in [-0.25, -0.2) is 13.5 Å². The zero-order chi connectivity index (χ0) is 24.7. The first-order valence-corrected chi connectivity index (χ1v) is 11.6. The maximum atomic E-state index is 13.5. The largest absolute Gasteiger partial charge is 0.439 e. The van der Waals surface area contributed by atoms with Crippen molar-refractivity contribution < 1.29 is 23.4 Å². The lowest BCUT2D eigenvalue weighted by Gasteiger charge is -2.25. The molecule has 0 unspecified atom stereocenters. The number of ether oxygens (including phenoxy) is 2. The highest BCUT2D eigenvalue weighted by atomic mass is 19.1. The molecule has 0 radical (unpaired) electrons. The highest BCUT2D eigenvalue weighted by molar-refractivity contribution is 5.43. The minimum Gasteiger partial charge on any atom is -0.439 e. The minimum atomic E-state index is -0.636. The van der Waals surface area contributed by atoms with Gasteiger partial charge in [-0.1, -0.05) is 6.92 Å². The standard InChI is InChI=1S/C26H33F2N3O3/c1-5-14-30(15-23(32)17-33-18(2)3)16-25-19(4)29-31(22-10-6-20(27)7-11-22)26(25)34-24-12-8-21(28)9-13-24/h6-13,18,23,32H,5,14-17H2,1-4H3/t23-/m1/s1. The summed E-state index contributed by atoms with van der Waals surface area (Å²) in [6.45, 7) is 9.75. The molecule has 0 saturated carbocycles. The summed E-state index contributed by atoms with van der Waals surface area (Å²) in [6, 6.07) is 11.7. The van der Waals surface area contributed by atoms with Crippen LogP contribution in [0.4, 0.5) is 8.78 Å². The van der Waals surface area contributed by atoms with Gasteiger partial charge in [-0.2, -0.15) is 5.10 Å². The van der Waals surface area contributed by atoms with Gasteiger partial charge in [0.15, 0.2) is 0 Å². The molecule has 3 rings (SSSR count). The quantitative estimate of drug-likeness (QED) is 0.389. The Hall–Kier alpha value is -2.81. The molecule has 6 nitrogen and oxygen atoms in total. The Morgan fingerprint density at radius 1 is 1.03 bits per heavy atom. The van der Waals surface area contributed by atoms with Crippen LogP contribution in [0.15, 0.2) is 48.5 Å². The van der Waals surface area contributed by atoms with Gasteiger partial charge < -0.3 is 14.6 Å². The summed E-state index contributed by atoms with van der Waals surface area (Å²) < 4.78 is 40.3. The first-order valence-electron chi connectivity index (χ1n) is 11.6. The van der Waals surface area contributed by atoms with E-state index in [0.29, 0.717) is 30.4 Å². The van der Waals surface area contributed by atoms with Crippen molar-refractivity contribution in [1.82, 2.24) is 14.7 Å². The predicted octanol–water partition coefficient (Wildman–Crippen LogP) is 5.25. The van der Waals surface area contributed by atoms with Crippen molar-refractivity contribution in [3.63, 3.8) is 0 Å². The van der Waals surface area contributed by atoms with Crippen LogP contribution in [0.1, 0.15) is 38.4 Å². The van der Waals surface area contributed by atoms with E-state index in [1.54, 1.807) is 28.9 Å². The SMILES string of the molecule is CCCN(Cc1c(C)nn(-c2ccc(F)cc2)c1Oc1ccc(F)cc1)C[C@@H](O)COC(C)C. The molecule has 2 aromatic carbocycles. The Kier molecular flexibility index (Phi) is 9.15. The summed E-state index contributed by atoms with van der Waals surface area (Å²) in [4.78, 5) is 2.13. The smallest absolute Gasteiger partial charge is 0.227 e. The third kappa shape index (κ3) is 7.09. The van der Waals surface area contributed by atoms with Crippen molar-refractivity contribution >= 4 is 0 Å². The number of halogens is 2. The van der Waals surface area contributed by atoms with E-state index in [2.05, 4.69) is 16.9 Å². The number of benzene rings is 2. The van der Waals surface area contributed by atoms with Crippen LogP contribution in [-0.2, 0) is 11.3 Å². The Balaban J connectivity index is 1.93. The molecule has 0 saturated heterocycles. The molecule has 0 aliphatic heterocycles. The number of aromatic nitrogens is 2. The molecule has 1 aromatic heterocycles. The second kappa shape index (κ2) is 12.1. The average molecular weight is 474 g/mol. The third-order valence-corrected chi connectivity index (χ3v) is 5.25.